The lowest BCUT2D eigenvalue weighted by molar-refractivity contribution is -0.133. The van der Waals surface area contributed by atoms with Gasteiger partial charge in [0.1, 0.15) is 18.7 Å². The number of nitrogens with zero attached hydrogens (tertiary/aromatic N) is 7. The summed E-state index contributed by atoms with van der Waals surface area (Å²) in [5, 5.41) is 5.40. The van der Waals surface area contributed by atoms with Gasteiger partial charge in [-0.3, -0.25) is 9.69 Å². The van der Waals surface area contributed by atoms with Crippen LogP contribution in [0.25, 0.3) is 11.0 Å². The third kappa shape index (κ3) is 3.90. The van der Waals surface area contributed by atoms with E-state index in [4.69, 9.17) is 0 Å². The second kappa shape index (κ2) is 8.21. The highest BCUT2D eigenvalue weighted by atomic mass is 16.2. The third-order valence-electron chi connectivity index (χ3n) is 5.62. The molecule has 146 valence electrons. The Hall–Kier alpha value is -2.22. The van der Waals surface area contributed by atoms with Gasteiger partial charge in [-0.05, 0) is 32.2 Å². The molecule has 4 rings (SSSR count). The van der Waals surface area contributed by atoms with Crippen LogP contribution in [-0.4, -0.2) is 81.3 Å². The number of fused-ring (bicyclic) bond motifs is 1. The summed E-state index contributed by atoms with van der Waals surface area (Å²) >= 11 is 0. The van der Waals surface area contributed by atoms with Gasteiger partial charge >= 0.3 is 0 Å². The minimum absolute atomic E-state index is 0.120. The van der Waals surface area contributed by atoms with Gasteiger partial charge in [-0.1, -0.05) is 6.92 Å². The molecule has 0 bridgehead atoms. The Morgan fingerprint density at radius 1 is 1.04 bits per heavy atom. The molecule has 27 heavy (non-hydrogen) atoms. The summed E-state index contributed by atoms with van der Waals surface area (Å²) < 4.78 is 1.73. The van der Waals surface area contributed by atoms with Gasteiger partial charge in [0.25, 0.3) is 0 Å². The maximum atomic E-state index is 12.8. The fourth-order valence-electron chi connectivity index (χ4n) is 4.12. The Balaban J connectivity index is 1.46. The zero-order valence-electron chi connectivity index (χ0n) is 16.2. The molecule has 0 saturated carbocycles. The van der Waals surface area contributed by atoms with Crippen molar-refractivity contribution in [2.24, 2.45) is 0 Å². The first-order valence-corrected chi connectivity index (χ1v) is 10.2. The molecule has 0 radical (unpaired) electrons. The molecular weight excluding hydrogens is 342 g/mol. The number of aromatic nitrogens is 4. The molecule has 0 aliphatic carbocycles. The minimum Gasteiger partial charge on any atom is -0.356 e. The second-order valence-corrected chi connectivity index (χ2v) is 7.51. The van der Waals surface area contributed by atoms with Crippen LogP contribution in [-0.2, 0) is 11.3 Å². The molecule has 2 aliphatic heterocycles. The van der Waals surface area contributed by atoms with Crippen LogP contribution in [0.2, 0.25) is 0 Å². The van der Waals surface area contributed by atoms with Gasteiger partial charge in [-0.2, -0.15) is 5.10 Å². The molecule has 8 nitrogen and oxygen atoms in total. The molecule has 0 unspecified atom stereocenters. The minimum atomic E-state index is 0.120. The summed E-state index contributed by atoms with van der Waals surface area (Å²) in [4.78, 5) is 28.4. The van der Waals surface area contributed by atoms with Gasteiger partial charge in [0.2, 0.25) is 5.91 Å². The van der Waals surface area contributed by atoms with E-state index in [1.165, 1.54) is 19.3 Å². The Bertz CT molecular complexity index is 775. The number of hydrogen-bond donors (Lipinski definition) is 0. The number of piperidine rings is 1. The maximum Gasteiger partial charge on any atom is 0.244 e. The summed E-state index contributed by atoms with van der Waals surface area (Å²) in [6.45, 7) is 9.12. The van der Waals surface area contributed by atoms with Crippen LogP contribution in [0.5, 0.6) is 0 Å². The smallest absolute Gasteiger partial charge is 0.244 e. The second-order valence-electron chi connectivity index (χ2n) is 7.51. The SMILES string of the molecule is CCCN1CCN(C(=O)Cn2ncc3c(N4CCCCC4)ncnc32)CC1. The molecule has 2 aliphatic rings. The van der Waals surface area contributed by atoms with Gasteiger partial charge in [0, 0.05) is 39.3 Å². The Labute approximate surface area is 160 Å². The van der Waals surface area contributed by atoms with Crippen molar-refractivity contribution in [3.05, 3.63) is 12.5 Å². The average molecular weight is 371 g/mol. The predicted molar refractivity (Wildman–Crippen MR) is 105 cm³/mol. The van der Waals surface area contributed by atoms with Crippen LogP contribution in [0.15, 0.2) is 12.5 Å². The Kier molecular flexibility index (Phi) is 5.52. The van der Waals surface area contributed by atoms with Gasteiger partial charge in [-0.15, -0.1) is 0 Å². The molecule has 8 heteroatoms. The van der Waals surface area contributed by atoms with Crippen LogP contribution in [0, 0.1) is 0 Å². The molecule has 0 atom stereocenters. The molecule has 2 aromatic rings. The van der Waals surface area contributed by atoms with E-state index in [2.05, 4.69) is 31.8 Å². The first-order chi connectivity index (χ1) is 13.3. The van der Waals surface area contributed by atoms with Crippen LogP contribution in [0.3, 0.4) is 0 Å². The number of carbonyl (C=O) groups excluding carboxylic acids is 1. The topological polar surface area (TPSA) is 70.4 Å². The predicted octanol–water partition coefficient (Wildman–Crippen LogP) is 1.37. The lowest BCUT2D eigenvalue weighted by Gasteiger charge is -2.34. The van der Waals surface area contributed by atoms with E-state index in [1.54, 1.807) is 11.0 Å². The Morgan fingerprint density at radius 3 is 2.56 bits per heavy atom. The number of anilines is 1. The van der Waals surface area contributed by atoms with Crippen molar-refractivity contribution in [1.29, 1.82) is 0 Å². The molecule has 2 aromatic heterocycles. The van der Waals surface area contributed by atoms with E-state index in [1.807, 2.05) is 11.1 Å². The highest BCUT2D eigenvalue weighted by Crippen LogP contribution is 2.25. The third-order valence-corrected chi connectivity index (χ3v) is 5.62. The van der Waals surface area contributed by atoms with Crippen LogP contribution >= 0.6 is 0 Å². The monoisotopic (exact) mass is 371 g/mol. The van der Waals surface area contributed by atoms with Gasteiger partial charge < -0.3 is 9.80 Å². The van der Waals surface area contributed by atoms with Crippen molar-refractivity contribution in [3.63, 3.8) is 0 Å². The standard InChI is InChI=1S/C19H29N7O/c1-2-6-23-9-11-24(12-10-23)17(27)14-26-19-16(13-22-26)18(20-15-21-19)25-7-4-3-5-8-25/h13,15H,2-12,14H2,1H3. The zero-order valence-corrected chi connectivity index (χ0v) is 16.2. The highest BCUT2D eigenvalue weighted by molar-refractivity contribution is 5.88. The van der Waals surface area contributed by atoms with Crippen molar-refractivity contribution < 1.29 is 4.79 Å². The van der Waals surface area contributed by atoms with Crippen LogP contribution < -0.4 is 4.90 Å². The summed E-state index contributed by atoms with van der Waals surface area (Å²) in [6.07, 6.45) is 8.24. The van der Waals surface area contributed by atoms with Crippen molar-refractivity contribution >= 4 is 22.8 Å². The lowest BCUT2D eigenvalue weighted by Crippen LogP contribution is -2.49. The zero-order chi connectivity index (χ0) is 18.6. The van der Waals surface area contributed by atoms with Crippen molar-refractivity contribution in [2.75, 3.05) is 50.7 Å². The normalized spacial score (nSPS) is 19.0. The number of piperazine rings is 1. The van der Waals surface area contributed by atoms with Gasteiger partial charge in [0.15, 0.2) is 5.65 Å². The Morgan fingerprint density at radius 2 is 1.81 bits per heavy atom. The van der Waals surface area contributed by atoms with E-state index in [0.717, 1.165) is 69.1 Å². The first-order valence-electron chi connectivity index (χ1n) is 10.2. The van der Waals surface area contributed by atoms with Crippen molar-refractivity contribution in [3.8, 4) is 0 Å². The van der Waals surface area contributed by atoms with E-state index in [-0.39, 0.29) is 12.5 Å². The first kappa shape index (κ1) is 18.2. The molecule has 4 heterocycles. The van der Waals surface area contributed by atoms with Gasteiger partial charge in [-0.25, -0.2) is 14.6 Å². The quantitative estimate of drug-likeness (QED) is 0.791. The summed E-state index contributed by atoms with van der Waals surface area (Å²) in [6, 6.07) is 0. The van der Waals surface area contributed by atoms with Gasteiger partial charge in [0.05, 0.1) is 11.6 Å². The lowest BCUT2D eigenvalue weighted by atomic mass is 10.1. The number of carbonyl (C=O) groups is 1. The molecular formula is C19H29N7O. The number of rotatable bonds is 5. The summed E-state index contributed by atoms with van der Waals surface area (Å²) in [5.74, 6) is 1.07. The fourth-order valence-corrected chi connectivity index (χ4v) is 4.12. The maximum absolute atomic E-state index is 12.8. The largest absolute Gasteiger partial charge is 0.356 e. The molecule has 0 aromatic carbocycles. The molecule has 0 spiro atoms. The number of amides is 1. The number of hydrogen-bond acceptors (Lipinski definition) is 6. The van der Waals surface area contributed by atoms with Crippen molar-refractivity contribution in [1.82, 2.24) is 29.5 Å². The van der Waals surface area contributed by atoms with Crippen LogP contribution in [0.1, 0.15) is 32.6 Å². The van der Waals surface area contributed by atoms with E-state index < -0.39 is 0 Å². The molecule has 0 N–H and O–H groups in total. The molecule has 2 saturated heterocycles. The highest BCUT2D eigenvalue weighted by Gasteiger charge is 2.23. The van der Waals surface area contributed by atoms with Crippen molar-refractivity contribution in [2.45, 2.75) is 39.2 Å². The average Bonchev–Trinajstić information content (AvgIpc) is 3.12. The van der Waals surface area contributed by atoms with E-state index >= 15 is 0 Å². The molecule has 1 amide bonds. The summed E-state index contributed by atoms with van der Waals surface area (Å²) in [7, 11) is 0. The van der Waals surface area contributed by atoms with E-state index in [9.17, 15) is 4.79 Å². The van der Waals surface area contributed by atoms with Crippen LogP contribution in [0.4, 0.5) is 5.82 Å². The fraction of sp³-hybridized carbons (Fsp3) is 0.684. The van der Waals surface area contributed by atoms with E-state index in [0.29, 0.717) is 0 Å². The molecule has 2 fully saturated rings. The summed E-state index contributed by atoms with van der Waals surface area (Å²) in [5.41, 5.74) is 0.753.